The summed E-state index contributed by atoms with van der Waals surface area (Å²) in [5, 5.41) is 15.5. The van der Waals surface area contributed by atoms with Crippen LogP contribution in [0.15, 0.2) is 48.5 Å². The first-order valence-electron chi connectivity index (χ1n) is 8.30. The maximum Gasteiger partial charge on any atom is 0.313 e. The molecule has 2 aromatic carbocycles. The van der Waals surface area contributed by atoms with E-state index in [1.165, 1.54) is 0 Å². The van der Waals surface area contributed by atoms with E-state index in [-0.39, 0.29) is 6.54 Å². The first-order chi connectivity index (χ1) is 12.3. The molecule has 0 aliphatic heterocycles. The van der Waals surface area contributed by atoms with Crippen molar-refractivity contribution in [3.63, 3.8) is 0 Å². The van der Waals surface area contributed by atoms with Crippen LogP contribution in [0.5, 0.6) is 5.75 Å². The van der Waals surface area contributed by atoms with Crippen LogP contribution in [0.1, 0.15) is 18.1 Å². The number of amides is 2. The summed E-state index contributed by atoms with van der Waals surface area (Å²) in [5.41, 5.74) is 1.31. The predicted octanol–water partition coefficient (Wildman–Crippen LogP) is 2.05. The van der Waals surface area contributed by atoms with E-state index in [0.717, 1.165) is 16.9 Å². The third-order valence-electron chi connectivity index (χ3n) is 3.89. The Kier molecular flexibility index (Phi) is 6.36. The summed E-state index contributed by atoms with van der Waals surface area (Å²) in [6.45, 7) is 3.50. The minimum absolute atomic E-state index is 0.0425. The number of aryl methyl sites for hydroxylation is 1. The van der Waals surface area contributed by atoms with E-state index in [1.54, 1.807) is 38.3 Å². The smallest absolute Gasteiger partial charge is 0.313 e. The van der Waals surface area contributed by atoms with Gasteiger partial charge in [-0.1, -0.05) is 29.8 Å². The lowest BCUT2D eigenvalue weighted by molar-refractivity contribution is -0.136. The largest absolute Gasteiger partial charge is 0.497 e. The fourth-order valence-corrected chi connectivity index (χ4v) is 2.42. The van der Waals surface area contributed by atoms with Gasteiger partial charge in [-0.15, -0.1) is 0 Å². The zero-order valence-electron chi connectivity index (χ0n) is 15.2. The molecular formula is C20H24N2O4. The van der Waals surface area contributed by atoms with Gasteiger partial charge in [-0.2, -0.15) is 0 Å². The molecule has 0 bridgehead atoms. The van der Waals surface area contributed by atoms with Crippen molar-refractivity contribution in [3.8, 4) is 5.75 Å². The molecule has 0 aliphatic rings. The highest BCUT2D eigenvalue weighted by atomic mass is 16.5. The van der Waals surface area contributed by atoms with Crippen molar-refractivity contribution in [1.29, 1.82) is 0 Å². The number of ether oxygens (including phenoxy) is 1. The summed E-state index contributed by atoms with van der Waals surface area (Å²) in [7, 11) is 1.59. The average Bonchev–Trinajstić information content (AvgIpc) is 2.62. The van der Waals surface area contributed by atoms with Gasteiger partial charge in [0, 0.05) is 18.7 Å². The summed E-state index contributed by atoms with van der Waals surface area (Å²) in [4.78, 5) is 23.9. The lowest BCUT2D eigenvalue weighted by Gasteiger charge is -2.23. The Morgan fingerprint density at radius 1 is 1.04 bits per heavy atom. The quantitative estimate of drug-likeness (QED) is 0.691. The number of hydrogen-bond acceptors (Lipinski definition) is 4. The molecule has 0 fully saturated rings. The molecule has 0 radical (unpaired) electrons. The summed E-state index contributed by atoms with van der Waals surface area (Å²) in [6, 6.07) is 14.4. The fourth-order valence-electron chi connectivity index (χ4n) is 2.42. The van der Waals surface area contributed by atoms with Gasteiger partial charge in [0.2, 0.25) is 0 Å². The molecule has 2 aromatic rings. The zero-order valence-corrected chi connectivity index (χ0v) is 15.2. The van der Waals surface area contributed by atoms with E-state index in [4.69, 9.17) is 4.74 Å². The number of methoxy groups -OCH3 is 1. The molecule has 2 amide bonds. The number of rotatable bonds is 6. The topological polar surface area (TPSA) is 87.7 Å². The molecular weight excluding hydrogens is 332 g/mol. The number of aliphatic hydroxyl groups is 1. The van der Waals surface area contributed by atoms with Crippen molar-refractivity contribution in [2.24, 2.45) is 0 Å². The van der Waals surface area contributed by atoms with Crippen molar-refractivity contribution in [2.75, 3.05) is 19.0 Å². The Balaban J connectivity index is 1.85. The molecule has 0 aromatic heterocycles. The summed E-state index contributed by atoms with van der Waals surface area (Å²) < 4.78 is 5.10. The highest BCUT2D eigenvalue weighted by molar-refractivity contribution is 6.39. The second-order valence-electron chi connectivity index (χ2n) is 6.52. The molecule has 0 heterocycles. The van der Waals surface area contributed by atoms with E-state index >= 15 is 0 Å². The maximum atomic E-state index is 11.9. The molecule has 0 saturated carbocycles. The van der Waals surface area contributed by atoms with E-state index in [0.29, 0.717) is 12.1 Å². The highest BCUT2D eigenvalue weighted by Gasteiger charge is 2.24. The Bertz CT molecular complexity index is 752. The predicted molar refractivity (Wildman–Crippen MR) is 100 cm³/mol. The molecule has 138 valence electrons. The molecule has 26 heavy (non-hydrogen) atoms. The molecule has 0 spiro atoms. The van der Waals surface area contributed by atoms with Gasteiger partial charge in [0.15, 0.2) is 0 Å². The highest BCUT2D eigenvalue weighted by Crippen LogP contribution is 2.16. The van der Waals surface area contributed by atoms with Crippen LogP contribution in [0.3, 0.4) is 0 Å². The van der Waals surface area contributed by atoms with Crippen LogP contribution in [0.25, 0.3) is 0 Å². The molecule has 3 N–H and O–H groups in total. The van der Waals surface area contributed by atoms with Crippen molar-refractivity contribution in [1.82, 2.24) is 5.32 Å². The SMILES string of the molecule is COc1ccc(CC(C)(O)CNC(=O)C(=O)Nc2ccc(C)cc2)cc1. The van der Waals surface area contributed by atoms with Crippen LogP contribution in [0.2, 0.25) is 0 Å². The van der Waals surface area contributed by atoms with Gasteiger partial charge in [-0.25, -0.2) is 0 Å². The third kappa shape index (κ3) is 5.89. The van der Waals surface area contributed by atoms with Gasteiger partial charge >= 0.3 is 11.8 Å². The number of carbonyl (C=O) groups excluding carboxylic acids is 2. The molecule has 0 saturated heterocycles. The number of anilines is 1. The van der Waals surface area contributed by atoms with Crippen LogP contribution >= 0.6 is 0 Å². The van der Waals surface area contributed by atoms with E-state index in [1.807, 2.05) is 31.2 Å². The Morgan fingerprint density at radius 3 is 2.23 bits per heavy atom. The van der Waals surface area contributed by atoms with Crippen molar-refractivity contribution in [2.45, 2.75) is 25.9 Å². The maximum absolute atomic E-state index is 11.9. The van der Waals surface area contributed by atoms with E-state index in [9.17, 15) is 14.7 Å². The molecule has 0 aliphatic carbocycles. The molecule has 2 rings (SSSR count). The molecule has 1 unspecified atom stereocenters. The van der Waals surface area contributed by atoms with Gasteiger partial charge in [-0.05, 0) is 43.7 Å². The van der Waals surface area contributed by atoms with Crippen LogP contribution in [-0.4, -0.2) is 36.2 Å². The first kappa shape index (κ1) is 19.5. The van der Waals surface area contributed by atoms with Gasteiger partial charge in [-0.3, -0.25) is 9.59 Å². The van der Waals surface area contributed by atoms with E-state index in [2.05, 4.69) is 10.6 Å². The van der Waals surface area contributed by atoms with Crippen LogP contribution < -0.4 is 15.4 Å². The first-order valence-corrected chi connectivity index (χ1v) is 8.30. The number of benzene rings is 2. The monoisotopic (exact) mass is 356 g/mol. The van der Waals surface area contributed by atoms with Crippen LogP contribution in [0.4, 0.5) is 5.69 Å². The second-order valence-corrected chi connectivity index (χ2v) is 6.52. The Morgan fingerprint density at radius 2 is 1.65 bits per heavy atom. The normalized spacial score (nSPS) is 12.8. The van der Waals surface area contributed by atoms with Crippen molar-refractivity contribution < 1.29 is 19.4 Å². The molecule has 6 nitrogen and oxygen atoms in total. The molecule has 1 atom stereocenters. The van der Waals surface area contributed by atoms with Gasteiger partial charge in [0.05, 0.1) is 12.7 Å². The van der Waals surface area contributed by atoms with Crippen LogP contribution in [0, 0.1) is 6.92 Å². The minimum atomic E-state index is -1.19. The standard InChI is InChI=1S/C20H24N2O4/c1-14-4-8-16(9-5-14)22-19(24)18(23)21-13-20(2,25)12-15-6-10-17(26-3)11-7-15/h4-11,25H,12-13H2,1-3H3,(H,21,23)(H,22,24). The summed E-state index contributed by atoms with van der Waals surface area (Å²) >= 11 is 0. The third-order valence-corrected chi connectivity index (χ3v) is 3.89. The van der Waals surface area contributed by atoms with Crippen molar-refractivity contribution in [3.05, 3.63) is 59.7 Å². The average molecular weight is 356 g/mol. The van der Waals surface area contributed by atoms with E-state index < -0.39 is 17.4 Å². The number of nitrogens with one attached hydrogen (secondary N) is 2. The lowest BCUT2D eigenvalue weighted by atomic mass is 9.96. The lowest BCUT2D eigenvalue weighted by Crippen LogP contribution is -2.45. The summed E-state index contributed by atoms with van der Waals surface area (Å²) in [5.74, 6) is -0.829. The minimum Gasteiger partial charge on any atom is -0.497 e. The zero-order chi connectivity index (χ0) is 19.2. The fraction of sp³-hybridized carbons (Fsp3) is 0.300. The van der Waals surface area contributed by atoms with Gasteiger partial charge in [0.25, 0.3) is 0 Å². The Labute approximate surface area is 153 Å². The van der Waals surface area contributed by atoms with Crippen LogP contribution in [-0.2, 0) is 16.0 Å². The number of carbonyl (C=O) groups is 2. The molecule has 6 heteroatoms. The number of hydrogen-bond donors (Lipinski definition) is 3. The van der Waals surface area contributed by atoms with Gasteiger partial charge in [0.1, 0.15) is 5.75 Å². The van der Waals surface area contributed by atoms with Gasteiger partial charge < -0.3 is 20.5 Å². The Hall–Kier alpha value is -2.86. The second kappa shape index (κ2) is 8.49. The van der Waals surface area contributed by atoms with Crippen molar-refractivity contribution >= 4 is 17.5 Å². The summed E-state index contributed by atoms with van der Waals surface area (Å²) in [6.07, 6.45) is 0.330.